The van der Waals surface area contributed by atoms with E-state index in [1.165, 1.54) is 98.7 Å². The third-order valence-electron chi connectivity index (χ3n) is 11.0. The van der Waals surface area contributed by atoms with E-state index in [1.54, 1.807) is 0 Å². The minimum atomic E-state index is -0.0282. The van der Waals surface area contributed by atoms with Crippen LogP contribution in [0, 0.1) is 0 Å². The van der Waals surface area contributed by atoms with Gasteiger partial charge in [-0.05, 0) is 129 Å². The van der Waals surface area contributed by atoms with Crippen molar-refractivity contribution in [1.29, 1.82) is 0 Å². The zero-order chi connectivity index (χ0) is 32.7. The molecule has 0 aromatic heterocycles. The molecule has 1 aliphatic carbocycles. The molecule has 9 aromatic rings. The summed E-state index contributed by atoms with van der Waals surface area (Å²) in [5, 5.41) is 10.2. The van der Waals surface area contributed by atoms with Crippen molar-refractivity contribution in [1.82, 2.24) is 0 Å². The van der Waals surface area contributed by atoms with E-state index in [9.17, 15) is 0 Å². The predicted molar refractivity (Wildman–Crippen MR) is 210 cm³/mol. The fourth-order valence-electron chi connectivity index (χ4n) is 8.55. The van der Waals surface area contributed by atoms with Crippen molar-refractivity contribution in [2.45, 2.75) is 19.3 Å². The summed E-state index contributed by atoms with van der Waals surface area (Å²) in [6, 6.07) is 63.3. The lowest BCUT2D eigenvalue weighted by Crippen LogP contribution is -2.14. The summed E-state index contributed by atoms with van der Waals surface area (Å²) in [4.78, 5) is 0. The quantitative estimate of drug-likeness (QED) is 0.136. The van der Waals surface area contributed by atoms with Gasteiger partial charge in [0.2, 0.25) is 0 Å². The molecule has 0 heteroatoms. The molecule has 0 aliphatic heterocycles. The van der Waals surface area contributed by atoms with Gasteiger partial charge >= 0.3 is 0 Å². The van der Waals surface area contributed by atoms with Crippen LogP contribution in [0.4, 0.5) is 0 Å². The molecule has 0 amide bonds. The van der Waals surface area contributed by atoms with E-state index in [4.69, 9.17) is 0 Å². The average molecular weight is 623 g/mol. The summed E-state index contributed by atoms with van der Waals surface area (Å²) in [6.07, 6.45) is 0. The highest BCUT2D eigenvalue weighted by atomic mass is 14.4. The van der Waals surface area contributed by atoms with Crippen molar-refractivity contribution < 1.29 is 0 Å². The lowest BCUT2D eigenvalue weighted by atomic mass is 9.81. The van der Waals surface area contributed by atoms with Gasteiger partial charge in [0.25, 0.3) is 0 Å². The van der Waals surface area contributed by atoms with E-state index in [1.807, 2.05) is 0 Å². The van der Waals surface area contributed by atoms with Crippen LogP contribution in [-0.2, 0) is 5.41 Å². The molecule has 9 aromatic carbocycles. The average Bonchev–Trinajstić information content (AvgIpc) is 3.38. The summed E-state index contributed by atoms with van der Waals surface area (Å²) in [5.41, 5.74) is 13.0. The van der Waals surface area contributed by atoms with Gasteiger partial charge in [0, 0.05) is 5.41 Å². The van der Waals surface area contributed by atoms with Gasteiger partial charge in [0.15, 0.2) is 0 Å². The maximum Gasteiger partial charge on any atom is 0.0159 e. The van der Waals surface area contributed by atoms with E-state index >= 15 is 0 Å². The highest BCUT2D eigenvalue weighted by molar-refractivity contribution is 6.20. The molecular formula is C49H34. The largest absolute Gasteiger partial charge is 0.0622 e. The van der Waals surface area contributed by atoms with Gasteiger partial charge in [-0.25, -0.2) is 0 Å². The molecule has 0 radical (unpaired) electrons. The number of benzene rings is 9. The molecule has 10 rings (SSSR count). The van der Waals surface area contributed by atoms with Crippen LogP contribution in [0.15, 0.2) is 170 Å². The first-order valence-electron chi connectivity index (χ1n) is 17.3. The molecule has 49 heavy (non-hydrogen) atoms. The van der Waals surface area contributed by atoms with Crippen molar-refractivity contribution in [2.75, 3.05) is 0 Å². The van der Waals surface area contributed by atoms with Crippen molar-refractivity contribution in [3.8, 4) is 44.5 Å². The first-order chi connectivity index (χ1) is 24.0. The molecule has 0 N–H and O–H groups in total. The van der Waals surface area contributed by atoms with Crippen LogP contribution in [0.25, 0.3) is 87.6 Å². The Morgan fingerprint density at radius 3 is 1.90 bits per heavy atom. The molecule has 1 aliphatic rings. The van der Waals surface area contributed by atoms with Gasteiger partial charge in [-0.1, -0.05) is 153 Å². The molecule has 0 saturated heterocycles. The van der Waals surface area contributed by atoms with E-state index in [2.05, 4.69) is 184 Å². The maximum absolute atomic E-state index is 2.44. The molecule has 0 unspecified atom stereocenters. The van der Waals surface area contributed by atoms with Crippen LogP contribution < -0.4 is 0 Å². The third kappa shape index (κ3) is 4.24. The topological polar surface area (TPSA) is 0 Å². The Kier molecular flexibility index (Phi) is 6.02. The standard InChI is InChI=1S/C49H34/c1-49(2)46-19-11-10-18-41(46)45-27-33-20-21-35(26-37(33)30-47(45)49)39-24-23-36(29-43(39)31-12-4-3-5-13-31)48-40-17-9-7-15-34(40)28-44-38-16-8-6-14-32(38)22-25-42(44)48/h3-30H,1-2H3. The summed E-state index contributed by atoms with van der Waals surface area (Å²) in [6.45, 7) is 4.72. The molecule has 230 valence electrons. The van der Waals surface area contributed by atoms with E-state index < -0.39 is 0 Å². The zero-order valence-electron chi connectivity index (χ0n) is 27.7. The minimum absolute atomic E-state index is 0.0282. The molecule has 0 saturated carbocycles. The molecule has 0 atom stereocenters. The second kappa shape index (κ2) is 10.5. The normalized spacial score (nSPS) is 13.3. The molecular weight excluding hydrogens is 589 g/mol. The van der Waals surface area contributed by atoms with Gasteiger partial charge < -0.3 is 0 Å². The van der Waals surface area contributed by atoms with Crippen LogP contribution in [0.2, 0.25) is 0 Å². The third-order valence-corrected chi connectivity index (χ3v) is 11.0. The van der Waals surface area contributed by atoms with Crippen LogP contribution in [0.1, 0.15) is 25.0 Å². The highest BCUT2D eigenvalue weighted by Gasteiger charge is 2.35. The van der Waals surface area contributed by atoms with E-state index in [0.717, 1.165) is 0 Å². The van der Waals surface area contributed by atoms with Crippen molar-refractivity contribution in [2.24, 2.45) is 0 Å². The van der Waals surface area contributed by atoms with Crippen molar-refractivity contribution >= 4 is 43.1 Å². The maximum atomic E-state index is 2.44. The summed E-state index contributed by atoms with van der Waals surface area (Å²) in [7, 11) is 0. The first kappa shape index (κ1) is 28.1. The monoisotopic (exact) mass is 622 g/mol. The number of hydrogen-bond acceptors (Lipinski definition) is 0. The Bertz CT molecular complexity index is 2780. The Morgan fingerprint density at radius 1 is 0.306 bits per heavy atom. The molecule has 0 heterocycles. The smallest absolute Gasteiger partial charge is 0.0159 e. The summed E-state index contributed by atoms with van der Waals surface area (Å²) >= 11 is 0. The van der Waals surface area contributed by atoms with Crippen LogP contribution in [-0.4, -0.2) is 0 Å². The van der Waals surface area contributed by atoms with Crippen molar-refractivity contribution in [3.63, 3.8) is 0 Å². The number of fused-ring (bicyclic) bond motifs is 8. The van der Waals surface area contributed by atoms with Gasteiger partial charge in [0.1, 0.15) is 0 Å². The van der Waals surface area contributed by atoms with Gasteiger partial charge in [-0.15, -0.1) is 0 Å². The fourth-order valence-corrected chi connectivity index (χ4v) is 8.55. The van der Waals surface area contributed by atoms with Gasteiger partial charge in [-0.3, -0.25) is 0 Å². The Hall–Kier alpha value is -5.98. The lowest BCUT2D eigenvalue weighted by Gasteiger charge is -2.22. The van der Waals surface area contributed by atoms with E-state index in [-0.39, 0.29) is 5.41 Å². The fraction of sp³-hybridized carbons (Fsp3) is 0.0612. The Labute approximate surface area is 286 Å². The molecule has 0 spiro atoms. The summed E-state index contributed by atoms with van der Waals surface area (Å²) in [5.74, 6) is 0. The van der Waals surface area contributed by atoms with E-state index in [0.29, 0.717) is 0 Å². The predicted octanol–water partition coefficient (Wildman–Crippen LogP) is 13.6. The molecule has 0 fully saturated rings. The minimum Gasteiger partial charge on any atom is -0.0622 e. The van der Waals surface area contributed by atoms with Crippen LogP contribution in [0.5, 0.6) is 0 Å². The number of hydrogen-bond donors (Lipinski definition) is 0. The highest BCUT2D eigenvalue weighted by Crippen LogP contribution is 2.50. The van der Waals surface area contributed by atoms with Gasteiger partial charge in [-0.2, -0.15) is 0 Å². The second-order valence-electron chi connectivity index (χ2n) is 14.1. The van der Waals surface area contributed by atoms with Crippen LogP contribution in [0.3, 0.4) is 0 Å². The van der Waals surface area contributed by atoms with Crippen molar-refractivity contribution in [3.05, 3.63) is 181 Å². The lowest BCUT2D eigenvalue weighted by molar-refractivity contribution is 0.661. The SMILES string of the molecule is CC1(C)c2ccccc2-c2cc3ccc(-c4ccc(-c5c6ccccc6cc6c5ccc5ccccc56)cc4-c4ccccc4)cc3cc21. The first-order valence-corrected chi connectivity index (χ1v) is 17.3. The Morgan fingerprint density at radius 2 is 1.02 bits per heavy atom. The Balaban J connectivity index is 1.20. The zero-order valence-corrected chi connectivity index (χ0v) is 27.7. The number of rotatable bonds is 3. The van der Waals surface area contributed by atoms with Crippen LogP contribution >= 0.6 is 0 Å². The second-order valence-corrected chi connectivity index (χ2v) is 14.1. The van der Waals surface area contributed by atoms with Gasteiger partial charge in [0.05, 0.1) is 0 Å². The molecule has 0 nitrogen and oxygen atoms in total. The molecule has 0 bridgehead atoms. The summed E-state index contributed by atoms with van der Waals surface area (Å²) < 4.78 is 0.